The molecular weight excluding hydrogens is 439 g/mol. The van der Waals surface area contributed by atoms with Gasteiger partial charge < -0.3 is 19.5 Å². The number of morpholine rings is 1. The highest BCUT2D eigenvalue weighted by Gasteiger charge is 2.36. The Morgan fingerprint density at radius 1 is 1.24 bits per heavy atom. The first-order valence-electron chi connectivity index (χ1n) is 10.8. The minimum Gasteiger partial charge on any atom is -0.487 e. The lowest BCUT2D eigenvalue weighted by molar-refractivity contribution is -0.147. The zero-order valence-electron chi connectivity index (χ0n) is 18.3. The zero-order chi connectivity index (χ0) is 23.6. The molecule has 2 aliphatic heterocycles. The molecule has 2 saturated heterocycles. The summed E-state index contributed by atoms with van der Waals surface area (Å²) < 4.78 is 52.1. The first-order chi connectivity index (χ1) is 15.7. The molecule has 33 heavy (non-hydrogen) atoms. The lowest BCUT2D eigenvalue weighted by Gasteiger charge is -2.36. The molecule has 2 aliphatic rings. The van der Waals surface area contributed by atoms with Gasteiger partial charge in [0.25, 0.3) is 0 Å². The second-order valence-corrected chi connectivity index (χ2v) is 8.41. The van der Waals surface area contributed by atoms with Crippen molar-refractivity contribution in [2.24, 2.45) is 5.92 Å². The number of ether oxygens (including phenoxy) is 2. The van der Waals surface area contributed by atoms with Crippen molar-refractivity contribution < 1.29 is 32.5 Å². The average Bonchev–Trinajstić information content (AvgIpc) is 2.75. The fourth-order valence-electron chi connectivity index (χ4n) is 4.09. The predicted molar refractivity (Wildman–Crippen MR) is 114 cm³/mol. The third-order valence-electron chi connectivity index (χ3n) is 5.92. The van der Waals surface area contributed by atoms with Gasteiger partial charge in [-0.2, -0.15) is 13.2 Å². The number of likely N-dealkylation sites (tertiary alicyclic amines) is 1. The van der Waals surface area contributed by atoms with E-state index in [0.29, 0.717) is 51.7 Å². The standard InChI is InChI=1S/C23H26F3N3O4/c1-15-8-16(11-28-12-17(13-28)22(30)31)2-3-21(15)33-14-18-9-19(23(24,25)26)20(10-27-18)29-4-6-32-7-5-29/h2-3,8-10,17H,4-7,11-14H2,1H3,(H,30,31). The highest BCUT2D eigenvalue weighted by atomic mass is 19.4. The van der Waals surface area contributed by atoms with E-state index in [2.05, 4.69) is 4.98 Å². The summed E-state index contributed by atoms with van der Waals surface area (Å²) in [7, 11) is 0. The summed E-state index contributed by atoms with van der Waals surface area (Å²) in [5.74, 6) is -0.512. The molecule has 1 aromatic heterocycles. The molecular formula is C23H26F3N3O4. The molecule has 0 amide bonds. The molecule has 1 N–H and O–H groups in total. The number of carboxylic acids is 1. The third-order valence-corrected chi connectivity index (χ3v) is 5.92. The Labute approximate surface area is 189 Å². The number of aryl methyl sites for hydroxylation is 1. The highest BCUT2D eigenvalue weighted by molar-refractivity contribution is 5.71. The largest absolute Gasteiger partial charge is 0.487 e. The lowest BCUT2D eigenvalue weighted by atomic mass is 9.99. The van der Waals surface area contributed by atoms with Crippen molar-refractivity contribution in [1.29, 1.82) is 0 Å². The number of benzene rings is 1. The third kappa shape index (κ3) is 5.56. The van der Waals surface area contributed by atoms with Crippen LogP contribution in [0.2, 0.25) is 0 Å². The molecule has 1 aromatic carbocycles. The van der Waals surface area contributed by atoms with E-state index in [-0.39, 0.29) is 23.9 Å². The Morgan fingerprint density at radius 3 is 2.61 bits per heavy atom. The molecule has 2 fully saturated rings. The first kappa shape index (κ1) is 23.3. The van der Waals surface area contributed by atoms with Crippen LogP contribution in [0.15, 0.2) is 30.5 Å². The number of carboxylic acid groups (broad SMARTS) is 1. The van der Waals surface area contributed by atoms with Crippen LogP contribution in [0.25, 0.3) is 0 Å². The molecule has 0 unspecified atom stereocenters. The van der Waals surface area contributed by atoms with Crippen molar-refractivity contribution in [1.82, 2.24) is 9.88 Å². The van der Waals surface area contributed by atoms with Gasteiger partial charge >= 0.3 is 12.1 Å². The highest BCUT2D eigenvalue weighted by Crippen LogP contribution is 2.37. The van der Waals surface area contributed by atoms with E-state index in [1.807, 2.05) is 24.0 Å². The van der Waals surface area contributed by atoms with Gasteiger partial charge in [-0.15, -0.1) is 0 Å². The Morgan fingerprint density at radius 2 is 1.97 bits per heavy atom. The summed E-state index contributed by atoms with van der Waals surface area (Å²) in [5, 5.41) is 8.98. The number of anilines is 1. The van der Waals surface area contributed by atoms with Gasteiger partial charge in [0.05, 0.1) is 42.3 Å². The zero-order valence-corrected chi connectivity index (χ0v) is 18.3. The predicted octanol–water partition coefficient (Wildman–Crippen LogP) is 3.34. The van der Waals surface area contributed by atoms with Crippen LogP contribution in [0, 0.1) is 12.8 Å². The molecule has 0 atom stereocenters. The molecule has 0 bridgehead atoms. The molecule has 0 aliphatic carbocycles. The second kappa shape index (κ2) is 9.56. The van der Waals surface area contributed by atoms with E-state index in [0.717, 1.165) is 17.2 Å². The number of pyridine rings is 1. The molecule has 0 saturated carbocycles. The smallest absolute Gasteiger partial charge is 0.418 e. The van der Waals surface area contributed by atoms with Crippen LogP contribution in [0.4, 0.5) is 18.9 Å². The average molecular weight is 465 g/mol. The van der Waals surface area contributed by atoms with Crippen LogP contribution in [0.5, 0.6) is 5.75 Å². The lowest BCUT2D eigenvalue weighted by Crippen LogP contribution is -2.49. The van der Waals surface area contributed by atoms with E-state index in [1.165, 1.54) is 6.20 Å². The summed E-state index contributed by atoms with van der Waals surface area (Å²) in [6, 6.07) is 6.66. The van der Waals surface area contributed by atoms with Crippen molar-refractivity contribution in [3.8, 4) is 5.75 Å². The summed E-state index contributed by atoms with van der Waals surface area (Å²) >= 11 is 0. The van der Waals surface area contributed by atoms with Gasteiger partial charge in [-0.25, -0.2) is 0 Å². The van der Waals surface area contributed by atoms with Crippen molar-refractivity contribution in [2.45, 2.75) is 26.3 Å². The van der Waals surface area contributed by atoms with E-state index in [9.17, 15) is 18.0 Å². The van der Waals surface area contributed by atoms with E-state index in [4.69, 9.17) is 14.6 Å². The maximum atomic E-state index is 13.7. The summed E-state index contributed by atoms with van der Waals surface area (Å²) in [4.78, 5) is 18.8. The molecule has 4 rings (SSSR count). The monoisotopic (exact) mass is 465 g/mol. The number of hydrogen-bond acceptors (Lipinski definition) is 6. The Hall–Kier alpha value is -2.85. The summed E-state index contributed by atoms with van der Waals surface area (Å²) in [5.41, 5.74) is 1.41. The molecule has 2 aromatic rings. The summed E-state index contributed by atoms with van der Waals surface area (Å²) in [6.45, 7) is 5.03. The van der Waals surface area contributed by atoms with Gasteiger partial charge in [-0.3, -0.25) is 14.7 Å². The van der Waals surface area contributed by atoms with Gasteiger partial charge in [-0.05, 0) is 30.2 Å². The maximum absolute atomic E-state index is 13.7. The van der Waals surface area contributed by atoms with Crippen LogP contribution in [0.1, 0.15) is 22.4 Å². The minimum absolute atomic E-state index is 0.0613. The second-order valence-electron chi connectivity index (χ2n) is 8.41. The van der Waals surface area contributed by atoms with E-state index < -0.39 is 17.7 Å². The number of rotatable bonds is 7. The van der Waals surface area contributed by atoms with Crippen molar-refractivity contribution >= 4 is 11.7 Å². The Balaban J connectivity index is 1.40. The molecule has 178 valence electrons. The van der Waals surface area contributed by atoms with Crippen molar-refractivity contribution in [2.75, 3.05) is 44.3 Å². The van der Waals surface area contributed by atoms with Gasteiger partial charge in [0.2, 0.25) is 0 Å². The number of carbonyl (C=O) groups is 1. The summed E-state index contributed by atoms with van der Waals surface area (Å²) in [6.07, 6.45) is -3.24. The van der Waals surface area contributed by atoms with Gasteiger partial charge in [-0.1, -0.05) is 12.1 Å². The van der Waals surface area contributed by atoms with Crippen LogP contribution in [-0.2, 0) is 28.9 Å². The Bertz CT molecular complexity index is 1000. The van der Waals surface area contributed by atoms with Gasteiger partial charge in [0.15, 0.2) is 0 Å². The van der Waals surface area contributed by atoms with Crippen LogP contribution in [-0.4, -0.2) is 60.4 Å². The number of aliphatic carboxylic acids is 1. The topological polar surface area (TPSA) is 75.1 Å². The molecule has 10 heteroatoms. The Kier molecular flexibility index (Phi) is 6.76. The first-order valence-corrected chi connectivity index (χ1v) is 10.8. The molecule has 0 spiro atoms. The van der Waals surface area contributed by atoms with Crippen LogP contribution in [0.3, 0.4) is 0 Å². The molecule has 7 nitrogen and oxygen atoms in total. The SMILES string of the molecule is Cc1cc(CN2CC(C(=O)O)C2)ccc1OCc1cc(C(F)(F)F)c(N2CCOCC2)cn1. The van der Waals surface area contributed by atoms with E-state index in [1.54, 1.807) is 11.0 Å². The normalized spacial score (nSPS) is 17.6. The fourth-order valence-corrected chi connectivity index (χ4v) is 4.09. The maximum Gasteiger partial charge on any atom is 0.418 e. The quantitative estimate of drug-likeness (QED) is 0.672. The van der Waals surface area contributed by atoms with Crippen molar-refractivity contribution in [3.05, 3.63) is 52.8 Å². The number of hydrogen-bond donors (Lipinski definition) is 1. The minimum atomic E-state index is -4.50. The molecule has 0 radical (unpaired) electrons. The van der Waals surface area contributed by atoms with Gasteiger partial charge in [0, 0.05) is 32.7 Å². The number of aromatic nitrogens is 1. The number of halogens is 3. The fraction of sp³-hybridized carbons (Fsp3) is 0.478. The van der Waals surface area contributed by atoms with Crippen LogP contribution >= 0.6 is 0 Å². The number of alkyl halides is 3. The number of nitrogens with zero attached hydrogens (tertiary/aromatic N) is 3. The van der Waals surface area contributed by atoms with Crippen LogP contribution < -0.4 is 9.64 Å². The van der Waals surface area contributed by atoms with Crippen molar-refractivity contribution in [3.63, 3.8) is 0 Å². The van der Waals surface area contributed by atoms with Gasteiger partial charge in [0.1, 0.15) is 12.4 Å². The molecule has 3 heterocycles. The van der Waals surface area contributed by atoms with E-state index >= 15 is 0 Å².